The van der Waals surface area contributed by atoms with Crippen LogP contribution in [0.15, 0.2) is 0 Å². The Bertz CT molecular complexity index is 892. The molecule has 0 aromatic carbocycles. The molecule has 5 rings (SSSR count). The summed E-state index contributed by atoms with van der Waals surface area (Å²) in [6.45, 7) is 9.60. The van der Waals surface area contributed by atoms with E-state index in [9.17, 15) is 5.11 Å². The number of imidazole rings is 1. The molecule has 0 radical (unpaired) electrons. The summed E-state index contributed by atoms with van der Waals surface area (Å²) in [6.07, 6.45) is 0. The van der Waals surface area contributed by atoms with Gasteiger partial charge in [0.1, 0.15) is 5.82 Å². The predicted octanol–water partition coefficient (Wildman–Crippen LogP) is 1.30. The molecule has 0 unspecified atom stereocenters. The Morgan fingerprint density at radius 2 is 1.82 bits per heavy atom. The predicted molar refractivity (Wildman–Crippen MR) is 106 cm³/mol. The van der Waals surface area contributed by atoms with Gasteiger partial charge in [0.25, 0.3) is 0 Å². The van der Waals surface area contributed by atoms with Crippen molar-refractivity contribution in [1.29, 1.82) is 0 Å². The van der Waals surface area contributed by atoms with Gasteiger partial charge < -0.3 is 19.3 Å². The van der Waals surface area contributed by atoms with Crippen molar-refractivity contribution in [2.45, 2.75) is 26.0 Å². The molecule has 3 aliphatic rings. The number of aliphatic hydroxyl groups is 1. The number of hydrogen-bond donors (Lipinski definition) is 1. The average molecular weight is 407 g/mol. The molecule has 1 aliphatic carbocycles. The molecule has 4 heterocycles. The highest BCUT2D eigenvalue weighted by Gasteiger charge is 2.60. The normalized spacial score (nSPS) is 28.2. The van der Waals surface area contributed by atoms with Gasteiger partial charge in [0.05, 0.1) is 25.4 Å². The standard InChI is InChI=1S/C19H27ClN6O2/c1-19(2,27)14-11-8-25(9-12(11)14)10-13-21-15-16(24(13)3)22-18(20)23-17(15)26-4-6-28-7-5-26/h11-12,14,27H,4-10H2,1-3H3/t11-,12+,14+. The van der Waals surface area contributed by atoms with Crippen LogP contribution in [-0.2, 0) is 18.3 Å². The third kappa shape index (κ3) is 3.07. The maximum atomic E-state index is 10.3. The van der Waals surface area contributed by atoms with Crippen LogP contribution in [0.2, 0.25) is 5.28 Å². The second kappa shape index (κ2) is 6.52. The van der Waals surface area contributed by atoms with Gasteiger partial charge >= 0.3 is 0 Å². The van der Waals surface area contributed by atoms with Crippen LogP contribution in [0.1, 0.15) is 19.7 Å². The van der Waals surface area contributed by atoms with E-state index in [1.165, 1.54) is 0 Å². The fourth-order valence-electron chi connectivity index (χ4n) is 5.19. The molecule has 1 saturated carbocycles. The topological polar surface area (TPSA) is 79.5 Å². The summed E-state index contributed by atoms with van der Waals surface area (Å²) in [7, 11) is 1.99. The Balaban J connectivity index is 1.38. The first kappa shape index (κ1) is 18.5. The Hall–Kier alpha value is -1.48. The molecule has 2 aromatic rings. The number of aryl methyl sites for hydroxylation is 1. The van der Waals surface area contributed by atoms with Crippen LogP contribution >= 0.6 is 11.6 Å². The highest BCUT2D eigenvalue weighted by atomic mass is 35.5. The maximum Gasteiger partial charge on any atom is 0.226 e. The van der Waals surface area contributed by atoms with E-state index in [1.54, 1.807) is 0 Å². The van der Waals surface area contributed by atoms with E-state index >= 15 is 0 Å². The van der Waals surface area contributed by atoms with Gasteiger partial charge in [-0.25, -0.2) is 4.98 Å². The van der Waals surface area contributed by atoms with Gasteiger partial charge in [-0.05, 0) is 43.2 Å². The Labute approximate surface area is 169 Å². The lowest BCUT2D eigenvalue weighted by Gasteiger charge is -2.27. The first-order valence-corrected chi connectivity index (χ1v) is 10.4. The summed E-state index contributed by atoms with van der Waals surface area (Å²) in [5.41, 5.74) is 1.01. The molecule has 2 aliphatic heterocycles. The lowest BCUT2D eigenvalue weighted by atomic mass is 9.99. The summed E-state index contributed by atoms with van der Waals surface area (Å²) in [5.74, 6) is 3.41. The number of morpholine rings is 1. The molecule has 0 spiro atoms. The minimum absolute atomic E-state index is 0.249. The zero-order chi connectivity index (χ0) is 19.6. The first-order chi connectivity index (χ1) is 13.3. The Morgan fingerprint density at radius 3 is 2.46 bits per heavy atom. The monoisotopic (exact) mass is 406 g/mol. The Kier molecular flexibility index (Phi) is 4.32. The van der Waals surface area contributed by atoms with Gasteiger partial charge in [-0.2, -0.15) is 9.97 Å². The van der Waals surface area contributed by atoms with Gasteiger partial charge in [-0.1, -0.05) is 0 Å². The largest absolute Gasteiger partial charge is 0.390 e. The van der Waals surface area contributed by atoms with Crippen molar-refractivity contribution >= 4 is 28.6 Å². The summed E-state index contributed by atoms with van der Waals surface area (Å²) < 4.78 is 7.49. The fraction of sp³-hybridized carbons (Fsp3) is 0.737. The van der Waals surface area contributed by atoms with E-state index in [0.717, 1.165) is 55.5 Å². The molecule has 1 N–H and O–H groups in total. The third-order valence-electron chi connectivity index (χ3n) is 6.53. The van der Waals surface area contributed by atoms with Gasteiger partial charge in [0, 0.05) is 33.2 Å². The van der Waals surface area contributed by atoms with Crippen LogP contribution in [0.5, 0.6) is 0 Å². The van der Waals surface area contributed by atoms with Gasteiger partial charge in [-0.15, -0.1) is 0 Å². The molecule has 0 amide bonds. The second-order valence-electron chi connectivity index (χ2n) is 8.88. The Morgan fingerprint density at radius 1 is 1.14 bits per heavy atom. The SMILES string of the molecule is Cn1c(CN2C[C@@H]3[C@H](C2)[C@H]3C(C)(C)O)nc2c(N3CCOCC3)nc(Cl)nc21. The molecule has 2 saturated heterocycles. The van der Waals surface area contributed by atoms with Crippen molar-refractivity contribution in [2.75, 3.05) is 44.3 Å². The zero-order valence-electron chi connectivity index (χ0n) is 16.6. The van der Waals surface area contributed by atoms with Crippen LogP contribution < -0.4 is 4.90 Å². The number of ether oxygens (including phenoxy) is 1. The lowest BCUT2D eigenvalue weighted by Crippen LogP contribution is -2.37. The van der Waals surface area contributed by atoms with Crippen molar-refractivity contribution in [1.82, 2.24) is 24.4 Å². The summed E-state index contributed by atoms with van der Waals surface area (Å²) in [6, 6.07) is 0. The van der Waals surface area contributed by atoms with Crippen molar-refractivity contribution in [2.24, 2.45) is 24.8 Å². The molecule has 0 bridgehead atoms. The zero-order valence-corrected chi connectivity index (χ0v) is 17.4. The van der Waals surface area contributed by atoms with Crippen molar-refractivity contribution in [3.8, 4) is 0 Å². The fourth-order valence-corrected chi connectivity index (χ4v) is 5.35. The van der Waals surface area contributed by atoms with E-state index in [1.807, 2.05) is 25.5 Å². The molecule has 3 atom stereocenters. The smallest absolute Gasteiger partial charge is 0.226 e. The number of aromatic nitrogens is 4. The third-order valence-corrected chi connectivity index (χ3v) is 6.70. The minimum atomic E-state index is -0.571. The molecule has 9 heteroatoms. The summed E-state index contributed by atoms with van der Waals surface area (Å²) in [4.78, 5) is 18.4. The van der Waals surface area contributed by atoms with E-state index < -0.39 is 5.60 Å². The minimum Gasteiger partial charge on any atom is -0.390 e. The quantitative estimate of drug-likeness (QED) is 0.766. The number of piperidine rings is 1. The van der Waals surface area contributed by atoms with Crippen molar-refractivity contribution in [3.63, 3.8) is 0 Å². The van der Waals surface area contributed by atoms with E-state index in [0.29, 0.717) is 31.0 Å². The van der Waals surface area contributed by atoms with Gasteiger partial charge in [0.15, 0.2) is 17.0 Å². The molecule has 28 heavy (non-hydrogen) atoms. The van der Waals surface area contributed by atoms with Crippen LogP contribution in [-0.4, -0.2) is 74.5 Å². The van der Waals surface area contributed by atoms with Crippen LogP contribution in [0.25, 0.3) is 11.2 Å². The summed E-state index contributed by atoms with van der Waals surface area (Å²) >= 11 is 6.22. The van der Waals surface area contributed by atoms with E-state index in [2.05, 4.69) is 19.8 Å². The number of halogens is 1. The highest BCUT2D eigenvalue weighted by molar-refractivity contribution is 6.28. The molecule has 8 nitrogen and oxygen atoms in total. The number of rotatable bonds is 4. The second-order valence-corrected chi connectivity index (χ2v) is 9.21. The van der Waals surface area contributed by atoms with Crippen molar-refractivity contribution < 1.29 is 9.84 Å². The first-order valence-electron chi connectivity index (χ1n) is 9.99. The van der Waals surface area contributed by atoms with Gasteiger partial charge in [-0.3, -0.25) is 4.90 Å². The van der Waals surface area contributed by atoms with Crippen LogP contribution in [0.4, 0.5) is 5.82 Å². The number of hydrogen-bond acceptors (Lipinski definition) is 7. The molecule has 3 fully saturated rings. The number of anilines is 1. The van der Waals surface area contributed by atoms with Crippen LogP contribution in [0.3, 0.4) is 0 Å². The maximum absolute atomic E-state index is 10.3. The van der Waals surface area contributed by atoms with E-state index in [-0.39, 0.29) is 5.28 Å². The average Bonchev–Trinajstić information content (AvgIpc) is 3.05. The van der Waals surface area contributed by atoms with Gasteiger partial charge in [0.2, 0.25) is 5.28 Å². The highest BCUT2D eigenvalue weighted by Crippen LogP contribution is 2.56. The van der Waals surface area contributed by atoms with E-state index in [4.69, 9.17) is 21.3 Å². The lowest BCUT2D eigenvalue weighted by molar-refractivity contribution is 0.0365. The number of likely N-dealkylation sites (tertiary alicyclic amines) is 1. The van der Waals surface area contributed by atoms with Crippen molar-refractivity contribution in [3.05, 3.63) is 11.1 Å². The molecular formula is C19H27ClN6O2. The van der Waals surface area contributed by atoms with Crippen LogP contribution in [0, 0.1) is 17.8 Å². The molecule has 152 valence electrons. The molecule has 2 aromatic heterocycles. The summed E-state index contributed by atoms with van der Waals surface area (Å²) in [5, 5.41) is 10.5. The molecular weight excluding hydrogens is 380 g/mol. The number of fused-ring (bicyclic) bond motifs is 2. The number of nitrogens with zero attached hydrogens (tertiary/aromatic N) is 6.